The molecule has 0 N–H and O–H groups in total. The molecule has 2 aliphatic heterocycles. The second-order valence-electron chi connectivity index (χ2n) is 8.49. The van der Waals surface area contributed by atoms with Gasteiger partial charge >= 0.3 is 0 Å². The number of hydrogen-bond donors (Lipinski definition) is 0. The summed E-state index contributed by atoms with van der Waals surface area (Å²) in [5.74, 6) is 0.655. The fourth-order valence-electron chi connectivity index (χ4n) is 4.46. The molecule has 162 valence electrons. The molecule has 4 nitrogen and oxygen atoms in total. The number of hydrogen-bond acceptors (Lipinski definition) is 3. The zero-order valence-corrected chi connectivity index (χ0v) is 18.3. The van der Waals surface area contributed by atoms with Gasteiger partial charge in [-0.2, -0.15) is 5.26 Å². The van der Waals surface area contributed by atoms with Crippen LogP contribution in [-0.4, -0.2) is 29.5 Å². The molecule has 1 saturated heterocycles. The Kier molecular flexibility index (Phi) is 5.54. The molecule has 3 aromatic rings. The minimum absolute atomic E-state index is 0.163. The molecule has 4 heteroatoms. The molecule has 0 aliphatic carbocycles. The van der Waals surface area contributed by atoms with Crippen molar-refractivity contribution in [2.24, 2.45) is 0 Å². The van der Waals surface area contributed by atoms with E-state index in [0.717, 1.165) is 22.4 Å². The van der Waals surface area contributed by atoms with Crippen LogP contribution in [-0.2, 0) is 4.79 Å². The van der Waals surface area contributed by atoms with E-state index in [4.69, 9.17) is 4.74 Å². The summed E-state index contributed by atoms with van der Waals surface area (Å²) in [5, 5.41) is 9.54. The number of likely N-dealkylation sites (tertiary alicyclic amines) is 1. The zero-order chi connectivity index (χ0) is 22.7. The number of nitrogens with zero attached hydrogens (tertiary/aromatic N) is 2. The van der Waals surface area contributed by atoms with Gasteiger partial charge in [0.1, 0.15) is 23.0 Å². The van der Waals surface area contributed by atoms with Gasteiger partial charge in [-0.25, -0.2) is 0 Å². The second kappa shape index (κ2) is 8.80. The summed E-state index contributed by atoms with van der Waals surface area (Å²) in [6.45, 7) is 1.10. The number of benzene rings is 3. The number of amides is 1. The third kappa shape index (κ3) is 4.31. The SMILES string of the molecule is N#C/C(=C\c1ccccc1)C(=O)N1CCC2(C=Cc3cc(-c4ccccc4)ccc3O2)CC1. The van der Waals surface area contributed by atoms with Crippen molar-refractivity contribution < 1.29 is 9.53 Å². The summed E-state index contributed by atoms with van der Waals surface area (Å²) in [5.41, 5.74) is 4.01. The third-order valence-electron chi connectivity index (χ3n) is 6.36. The highest BCUT2D eigenvalue weighted by atomic mass is 16.5. The smallest absolute Gasteiger partial charge is 0.264 e. The van der Waals surface area contributed by atoms with Gasteiger partial charge in [0, 0.05) is 31.5 Å². The predicted molar refractivity (Wildman–Crippen MR) is 130 cm³/mol. The van der Waals surface area contributed by atoms with Gasteiger partial charge in [-0.1, -0.05) is 72.8 Å². The van der Waals surface area contributed by atoms with E-state index in [0.29, 0.717) is 25.9 Å². The van der Waals surface area contributed by atoms with Gasteiger partial charge in [-0.15, -0.1) is 0 Å². The molecule has 2 heterocycles. The van der Waals surface area contributed by atoms with E-state index in [2.05, 4.69) is 42.5 Å². The maximum Gasteiger partial charge on any atom is 0.264 e. The van der Waals surface area contributed by atoms with Crippen LogP contribution in [0.4, 0.5) is 0 Å². The van der Waals surface area contributed by atoms with Crippen molar-refractivity contribution in [1.82, 2.24) is 4.90 Å². The lowest BCUT2D eigenvalue weighted by Crippen LogP contribution is -2.49. The van der Waals surface area contributed by atoms with Crippen LogP contribution in [0.25, 0.3) is 23.3 Å². The zero-order valence-electron chi connectivity index (χ0n) is 18.3. The second-order valence-corrected chi connectivity index (χ2v) is 8.49. The first-order valence-corrected chi connectivity index (χ1v) is 11.2. The molecule has 3 aromatic carbocycles. The fourth-order valence-corrected chi connectivity index (χ4v) is 4.46. The van der Waals surface area contributed by atoms with Gasteiger partial charge in [0.15, 0.2) is 0 Å². The monoisotopic (exact) mass is 432 g/mol. The number of rotatable bonds is 3. The quantitative estimate of drug-likeness (QED) is 0.392. The summed E-state index contributed by atoms with van der Waals surface area (Å²) in [7, 11) is 0. The molecule has 5 rings (SSSR count). The van der Waals surface area contributed by atoms with Crippen molar-refractivity contribution in [3.8, 4) is 22.9 Å². The van der Waals surface area contributed by atoms with E-state index in [1.807, 2.05) is 54.6 Å². The van der Waals surface area contributed by atoms with E-state index in [1.54, 1.807) is 11.0 Å². The van der Waals surface area contributed by atoms with Crippen LogP contribution in [0.3, 0.4) is 0 Å². The van der Waals surface area contributed by atoms with Crippen LogP contribution in [0.15, 0.2) is 90.5 Å². The predicted octanol–water partition coefficient (Wildman–Crippen LogP) is 5.73. The third-order valence-corrected chi connectivity index (χ3v) is 6.36. The summed E-state index contributed by atoms with van der Waals surface area (Å²) < 4.78 is 6.46. The maximum atomic E-state index is 13.0. The van der Waals surface area contributed by atoms with Crippen molar-refractivity contribution >= 4 is 18.1 Å². The van der Waals surface area contributed by atoms with E-state index in [9.17, 15) is 10.1 Å². The van der Waals surface area contributed by atoms with Crippen molar-refractivity contribution in [1.29, 1.82) is 5.26 Å². The van der Waals surface area contributed by atoms with Gasteiger partial charge < -0.3 is 9.64 Å². The van der Waals surface area contributed by atoms with E-state index >= 15 is 0 Å². The lowest BCUT2D eigenvalue weighted by Gasteiger charge is -2.42. The van der Waals surface area contributed by atoms with E-state index in [1.165, 1.54) is 5.56 Å². The molecule has 1 spiro atoms. The molecule has 0 unspecified atom stereocenters. The summed E-state index contributed by atoms with van der Waals surface area (Å²) in [6, 6.07) is 28.1. The Morgan fingerprint density at radius 1 is 0.939 bits per heavy atom. The number of piperidine rings is 1. The van der Waals surface area contributed by atoms with Crippen LogP contribution < -0.4 is 4.74 Å². The fraction of sp³-hybridized carbons (Fsp3) is 0.172. The molecule has 2 aliphatic rings. The van der Waals surface area contributed by atoms with Gasteiger partial charge in [-0.3, -0.25) is 4.79 Å². The number of ether oxygens (including phenoxy) is 1. The normalized spacial score (nSPS) is 16.6. The standard InChI is InChI=1S/C29H24N2O2/c30-21-26(19-22-7-3-1-4-8-22)28(32)31-17-15-29(16-18-31)14-13-25-20-24(11-12-27(25)33-29)23-9-5-2-6-10-23/h1-14,19-20H,15-18H2/b26-19+. The number of carbonyl (C=O) groups excluding carboxylic acids is 1. The Balaban J connectivity index is 1.28. The lowest BCUT2D eigenvalue weighted by atomic mass is 9.87. The summed E-state index contributed by atoms with van der Waals surface area (Å²) in [6.07, 6.45) is 7.32. The average Bonchev–Trinajstić information content (AvgIpc) is 2.88. The molecule has 1 fully saturated rings. The largest absolute Gasteiger partial charge is 0.482 e. The van der Waals surface area contributed by atoms with Crippen LogP contribution >= 0.6 is 0 Å². The first kappa shape index (κ1) is 20.8. The first-order valence-electron chi connectivity index (χ1n) is 11.2. The highest BCUT2D eigenvalue weighted by Gasteiger charge is 2.38. The first-order chi connectivity index (χ1) is 16.2. The highest BCUT2D eigenvalue weighted by molar-refractivity contribution is 6.01. The van der Waals surface area contributed by atoms with E-state index < -0.39 is 5.60 Å². The molecule has 0 atom stereocenters. The minimum atomic E-state index is -0.409. The van der Waals surface area contributed by atoms with E-state index in [-0.39, 0.29) is 11.5 Å². The minimum Gasteiger partial charge on any atom is -0.482 e. The van der Waals surface area contributed by atoms with Gasteiger partial charge in [0.05, 0.1) is 0 Å². The molecule has 0 saturated carbocycles. The lowest BCUT2D eigenvalue weighted by molar-refractivity contribution is -0.129. The maximum absolute atomic E-state index is 13.0. The Labute approximate surface area is 194 Å². The topological polar surface area (TPSA) is 53.3 Å². The molecule has 0 aromatic heterocycles. The molecule has 1 amide bonds. The van der Waals surface area contributed by atoms with Crippen molar-refractivity contribution in [2.45, 2.75) is 18.4 Å². The molecule has 33 heavy (non-hydrogen) atoms. The molecule has 0 radical (unpaired) electrons. The summed E-state index contributed by atoms with van der Waals surface area (Å²) >= 11 is 0. The Morgan fingerprint density at radius 3 is 2.33 bits per heavy atom. The van der Waals surface area contributed by atoms with Gasteiger partial charge in [0.2, 0.25) is 0 Å². The van der Waals surface area contributed by atoms with Crippen LogP contribution in [0, 0.1) is 11.3 Å². The molecular formula is C29H24N2O2. The van der Waals surface area contributed by atoms with Crippen LogP contribution in [0.1, 0.15) is 24.0 Å². The Bertz CT molecular complexity index is 1260. The highest BCUT2D eigenvalue weighted by Crippen LogP contribution is 2.39. The summed E-state index contributed by atoms with van der Waals surface area (Å²) in [4.78, 5) is 14.7. The Hall–Kier alpha value is -4.10. The molecular weight excluding hydrogens is 408 g/mol. The Morgan fingerprint density at radius 2 is 1.64 bits per heavy atom. The van der Waals surface area contributed by atoms with Crippen molar-refractivity contribution in [3.63, 3.8) is 0 Å². The van der Waals surface area contributed by atoms with Crippen molar-refractivity contribution in [2.75, 3.05) is 13.1 Å². The number of fused-ring (bicyclic) bond motifs is 1. The number of carbonyl (C=O) groups is 1. The van der Waals surface area contributed by atoms with Gasteiger partial charge in [0.25, 0.3) is 5.91 Å². The average molecular weight is 433 g/mol. The molecule has 0 bridgehead atoms. The van der Waals surface area contributed by atoms with Crippen LogP contribution in [0.5, 0.6) is 5.75 Å². The van der Waals surface area contributed by atoms with Crippen molar-refractivity contribution in [3.05, 3.63) is 102 Å². The van der Waals surface area contributed by atoms with Crippen LogP contribution in [0.2, 0.25) is 0 Å². The number of nitriles is 1. The van der Waals surface area contributed by atoms with Gasteiger partial charge in [-0.05, 0) is 41.0 Å².